The Morgan fingerprint density at radius 3 is 2.47 bits per heavy atom. The summed E-state index contributed by atoms with van der Waals surface area (Å²) in [5.41, 5.74) is 1.35. The largest absolute Gasteiger partial charge is 0.252 e. The van der Waals surface area contributed by atoms with Crippen LogP contribution in [0.15, 0.2) is 39.7 Å². The van der Waals surface area contributed by atoms with E-state index in [1.165, 1.54) is 6.07 Å². The number of rotatable bonds is 1. The second-order valence-corrected chi connectivity index (χ2v) is 4.52. The van der Waals surface area contributed by atoms with Crippen LogP contribution in [0.25, 0.3) is 11.3 Å². The molecule has 0 radical (unpaired) electrons. The quantitative estimate of drug-likeness (QED) is 0.794. The zero-order chi connectivity index (χ0) is 10.8. The predicted octanol–water partition coefficient (Wildman–Crippen LogP) is 3.81. The molecular formula is C10H5Br2FN2. The van der Waals surface area contributed by atoms with Crippen LogP contribution < -0.4 is 0 Å². The minimum atomic E-state index is -0.308. The summed E-state index contributed by atoms with van der Waals surface area (Å²) in [6.45, 7) is 0. The van der Waals surface area contributed by atoms with Gasteiger partial charge in [-0.05, 0) is 44.0 Å². The van der Waals surface area contributed by atoms with E-state index in [4.69, 9.17) is 0 Å². The van der Waals surface area contributed by atoms with E-state index >= 15 is 0 Å². The molecule has 0 N–H and O–H groups in total. The molecule has 15 heavy (non-hydrogen) atoms. The van der Waals surface area contributed by atoms with Gasteiger partial charge in [0.2, 0.25) is 0 Å². The first-order valence-corrected chi connectivity index (χ1v) is 5.68. The second kappa shape index (κ2) is 4.37. The molecule has 1 aromatic heterocycles. The highest BCUT2D eigenvalue weighted by Crippen LogP contribution is 2.22. The average molecular weight is 332 g/mol. The molecule has 1 aromatic carbocycles. The lowest BCUT2D eigenvalue weighted by molar-refractivity contribution is 0.621. The zero-order valence-corrected chi connectivity index (χ0v) is 10.6. The van der Waals surface area contributed by atoms with Gasteiger partial charge in [0.15, 0.2) is 0 Å². The number of aromatic nitrogens is 2. The van der Waals surface area contributed by atoms with Crippen LogP contribution in [-0.2, 0) is 0 Å². The van der Waals surface area contributed by atoms with E-state index in [2.05, 4.69) is 41.8 Å². The fraction of sp³-hybridized carbons (Fsp3) is 0. The molecule has 0 aliphatic heterocycles. The summed E-state index contributed by atoms with van der Waals surface area (Å²) >= 11 is 6.28. The summed E-state index contributed by atoms with van der Waals surface area (Å²) in [7, 11) is 0. The maximum Gasteiger partial charge on any atom is 0.138 e. The van der Waals surface area contributed by atoms with Gasteiger partial charge in [-0.2, -0.15) is 0 Å². The number of nitrogens with zero attached hydrogens (tertiary/aromatic N) is 2. The van der Waals surface area contributed by atoms with E-state index in [1.807, 2.05) is 0 Å². The molecule has 0 saturated carbocycles. The number of benzene rings is 1. The van der Waals surface area contributed by atoms with Crippen molar-refractivity contribution >= 4 is 31.9 Å². The molecule has 76 valence electrons. The summed E-state index contributed by atoms with van der Waals surface area (Å²) in [5, 5.41) is 0. The molecular weight excluding hydrogens is 327 g/mol. The van der Waals surface area contributed by atoms with Crippen LogP contribution in [0.4, 0.5) is 4.39 Å². The van der Waals surface area contributed by atoms with E-state index < -0.39 is 0 Å². The number of hydrogen-bond donors (Lipinski definition) is 0. The molecule has 5 heteroatoms. The lowest BCUT2D eigenvalue weighted by Crippen LogP contribution is -1.87. The molecule has 2 nitrogen and oxygen atoms in total. The Hall–Kier alpha value is -0.810. The third kappa shape index (κ3) is 2.41. The second-order valence-electron chi connectivity index (χ2n) is 2.85. The van der Waals surface area contributed by atoms with Crippen molar-refractivity contribution in [2.75, 3.05) is 0 Å². The molecule has 0 atom stereocenters. The molecule has 1 heterocycles. The van der Waals surface area contributed by atoms with Crippen molar-refractivity contribution in [3.63, 3.8) is 0 Å². The Balaban J connectivity index is 2.45. The summed E-state index contributed by atoms with van der Waals surface area (Å²) in [6, 6.07) is 4.85. The number of hydrogen-bond acceptors (Lipinski definition) is 2. The van der Waals surface area contributed by atoms with Crippen LogP contribution in [0.1, 0.15) is 0 Å². The van der Waals surface area contributed by atoms with Gasteiger partial charge in [0, 0.05) is 5.56 Å². The highest BCUT2D eigenvalue weighted by Gasteiger charge is 2.04. The first kappa shape index (κ1) is 10.7. The smallest absolute Gasteiger partial charge is 0.138 e. The maximum absolute atomic E-state index is 13.2. The van der Waals surface area contributed by atoms with E-state index in [-0.39, 0.29) is 5.82 Å². The van der Waals surface area contributed by atoms with Crippen LogP contribution in [0.3, 0.4) is 0 Å². The van der Waals surface area contributed by atoms with Gasteiger partial charge in [-0.15, -0.1) is 0 Å². The topological polar surface area (TPSA) is 25.8 Å². The van der Waals surface area contributed by atoms with Crippen molar-refractivity contribution in [1.82, 2.24) is 9.97 Å². The summed E-state index contributed by atoms with van der Waals surface area (Å²) in [5.74, 6) is -0.308. The highest BCUT2D eigenvalue weighted by atomic mass is 79.9. The summed E-state index contributed by atoms with van der Waals surface area (Å²) in [4.78, 5) is 8.16. The first-order chi connectivity index (χ1) is 7.16. The van der Waals surface area contributed by atoms with Crippen LogP contribution >= 0.6 is 31.9 Å². The normalized spacial score (nSPS) is 10.3. The van der Waals surface area contributed by atoms with Gasteiger partial charge in [0.1, 0.15) is 10.4 Å². The van der Waals surface area contributed by atoms with Crippen molar-refractivity contribution in [3.8, 4) is 11.3 Å². The Kier molecular flexibility index (Phi) is 3.11. The fourth-order valence-corrected chi connectivity index (χ4v) is 1.57. The molecule has 0 amide bonds. The van der Waals surface area contributed by atoms with Crippen molar-refractivity contribution < 1.29 is 4.39 Å². The molecule has 0 spiro atoms. The van der Waals surface area contributed by atoms with Crippen LogP contribution in [-0.4, -0.2) is 9.97 Å². The van der Waals surface area contributed by atoms with Crippen molar-refractivity contribution in [3.05, 3.63) is 45.5 Å². The Bertz CT molecular complexity index is 485. The first-order valence-electron chi connectivity index (χ1n) is 4.10. The lowest BCUT2D eigenvalue weighted by atomic mass is 10.1. The van der Waals surface area contributed by atoms with Gasteiger partial charge < -0.3 is 0 Å². The van der Waals surface area contributed by atoms with Gasteiger partial charge in [-0.3, -0.25) is 4.98 Å². The minimum Gasteiger partial charge on any atom is -0.252 e. The fourth-order valence-electron chi connectivity index (χ4n) is 1.12. The molecule has 0 bridgehead atoms. The summed E-state index contributed by atoms with van der Waals surface area (Å²) < 4.78 is 14.3. The van der Waals surface area contributed by atoms with E-state index in [1.54, 1.807) is 24.5 Å². The molecule has 2 rings (SSSR count). The number of halogens is 3. The predicted molar refractivity (Wildman–Crippen MR) is 62.8 cm³/mol. The Labute approximate surface area is 103 Å². The van der Waals surface area contributed by atoms with Crippen LogP contribution in [0, 0.1) is 5.82 Å². The van der Waals surface area contributed by atoms with E-state index in [0.717, 1.165) is 0 Å². The minimum absolute atomic E-state index is 0.308. The van der Waals surface area contributed by atoms with Crippen molar-refractivity contribution in [2.24, 2.45) is 0 Å². The third-order valence-electron chi connectivity index (χ3n) is 1.84. The molecule has 2 aromatic rings. The van der Waals surface area contributed by atoms with Crippen LogP contribution in [0.2, 0.25) is 0 Å². The monoisotopic (exact) mass is 330 g/mol. The lowest BCUT2D eigenvalue weighted by Gasteiger charge is -2.01. The SMILES string of the molecule is Fc1cc(-c2cnc(Br)cn2)ccc1Br. The molecule has 0 aliphatic carbocycles. The molecule has 0 unspecified atom stereocenters. The van der Waals surface area contributed by atoms with Crippen LogP contribution in [0.5, 0.6) is 0 Å². The average Bonchev–Trinajstić information content (AvgIpc) is 2.23. The molecule has 0 aliphatic rings. The van der Waals surface area contributed by atoms with Gasteiger partial charge in [0.05, 0.1) is 22.6 Å². The zero-order valence-electron chi connectivity index (χ0n) is 7.42. The van der Waals surface area contributed by atoms with Crippen molar-refractivity contribution in [1.29, 1.82) is 0 Å². The Morgan fingerprint density at radius 1 is 1.07 bits per heavy atom. The van der Waals surface area contributed by atoms with Crippen molar-refractivity contribution in [2.45, 2.75) is 0 Å². The highest BCUT2D eigenvalue weighted by molar-refractivity contribution is 9.10. The van der Waals surface area contributed by atoms with Gasteiger partial charge in [-0.25, -0.2) is 9.37 Å². The molecule has 0 saturated heterocycles. The molecule has 0 fully saturated rings. The van der Waals surface area contributed by atoms with Gasteiger partial charge in [-0.1, -0.05) is 6.07 Å². The Morgan fingerprint density at radius 2 is 1.87 bits per heavy atom. The van der Waals surface area contributed by atoms with E-state index in [9.17, 15) is 4.39 Å². The standard InChI is InChI=1S/C10H5Br2FN2/c11-7-2-1-6(3-8(7)13)9-4-15-10(12)5-14-9/h1-5H. The third-order valence-corrected chi connectivity index (χ3v) is 2.89. The van der Waals surface area contributed by atoms with E-state index in [0.29, 0.717) is 20.3 Å². The maximum atomic E-state index is 13.2. The van der Waals surface area contributed by atoms with Gasteiger partial charge in [0.25, 0.3) is 0 Å². The summed E-state index contributed by atoms with van der Waals surface area (Å²) in [6.07, 6.45) is 3.17. The van der Waals surface area contributed by atoms with Gasteiger partial charge >= 0.3 is 0 Å².